The second-order valence-electron chi connectivity index (χ2n) is 3.09. The average molecular weight is 206 g/mol. The maximum atomic E-state index is 5.28. The van der Waals surface area contributed by atoms with Crippen LogP contribution in [-0.4, -0.2) is 0 Å². The zero-order valence-corrected chi connectivity index (χ0v) is 10.2. The molecule has 0 aromatic rings. The highest BCUT2D eigenvalue weighted by Gasteiger charge is 2.01. The summed E-state index contributed by atoms with van der Waals surface area (Å²) in [7, 11) is 0. The average Bonchev–Trinajstić information content (AvgIpc) is 2.17. The van der Waals surface area contributed by atoms with Crippen LogP contribution in [0.5, 0.6) is 0 Å². The molecule has 0 fully saturated rings. The summed E-state index contributed by atoms with van der Waals surface area (Å²) in [4.78, 5) is 0. The van der Waals surface area contributed by atoms with Crippen LogP contribution in [0.4, 0.5) is 0 Å². The Balaban J connectivity index is 0. The molecule has 1 nitrogen and oxygen atoms in total. The molecule has 15 heavy (non-hydrogen) atoms. The van der Waals surface area contributed by atoms with Crippen molar-refractivity contribution in [3.63, 3.8) is 0 Å². The molecule has 0 N–H and O–H groups in total. The number of allylic oxidation sites excluding steroid dienone is 3. The molecule has 0 amide bonds. The molecule has 0 radical (unpaired) electrons. The summed E-state index contributed by atoms with van der Waals surface area (Å²) in [6.07, 6.45) is 2.59. The molecule has 0 aromatic carbocycles. The molecule has 0 atom stereocenters. The second-order valence-corrected chi connectivity index (χ2v) is 3.09. The topological polar surface area (TPSA) is 9.23 Å². The Morgan fingerprint density at radius 2 is 1.53 bits per heavy atom. The molecule has 0 unspecified atom stereocenters. The summed E-state index contributed by atoms with van der Waals surface area (Å²) in [5, 5.41) is 0. The number of rotatable bonds is 5. The Bertz CT molecular complexity index is 269. The molecule has 0 saturated carbocycles. The van der Waals surface area contributed by atoms with Crippen LogP contribution in [0.25, 0.3) is 0 Å². The standard InChI is InChI=1S/C11H16O.C3H6/c1-7-9(4)11(6)12-10(5)8(2)3;1-3-2/h2,4-7H2,1,3H3;3H,1H2,2H3. The van der Waals surface area contributed by atoms with E-state index < -0.39 is 0 Å². The van der Waals surface area contributed by atoms with Gasteiger partial charge in [-0.2, -0.15) is 0 Å². The van der Waals surface area contributed by atoms with Crippen LogP contribution in [0, 0.1) is 0 Å². The van der Waals surface area contributed by atoms with E-state index in [0.717, 1.165) is 17.6 Å². The van der Waals surface area contributed by atoms with Gasteiger partial charge in [-0.15, -0.1) is 6.58 Å². The van der Waals surface area contributed by atoms with E-state index in [9.17, 15) is 0 Å². The molecule has 0 aliphatic heterocycles. The molecule has 1 heteroatoms. The van der Waals surface area contributed by atoms with E-state index in [2.05, 4.69) is 32.9 Å². The lowest BCUT2D eigenvalue weighted by Crippen LogP contribution is -1.93. The van der Waals surface area contributed by atoms with Gasteiger partial charge in [0.25, 0.3) is 0 Å². The summed E-state index contributed by atoms with van der Waals surface area (Å²) in [6, 6.07) is 0. The summed E-state index contributed by atoms with van der Waals surface area (Å²) in [5.74, 6) is 1.13. The zero-order chi connectivity index (χ0) is 12.4. The largest absolute Gasteiger partial charge is 0.458 e. The Morgan fingerprint density at radius 3 is 1.80 bits per heavy atom. The van der Waals surface area contributed by atoms with Gasteiger partial charge in [-0.05, 0) is 31.4 Å². The quantitative estimate of drug-likeness (QED) is 0.358. The second kappa shape index (κ2) is 9.07. The van der Waals surface area contributed by atoms with E-state index in [1.807, 2.05) is 20.8 Å². The third-order valence-electron chi connectivity index (χ3n) is 1.54. The minimum absolute atomic E-state index is 0.551. The summed E-state index contributed by atoms with van der Waals surface area (Å²) in [5.41, 5.74) is 1.69. The Labute approximate surface area is 94.2 Å². The van der Waals surface area contributed by atoms with Crippen molar-refractivity contribution in [1.82, 2.24) is 0 Å². The van der Waals surface area contributed by atoms with Crippen molar-refractivity contribution >= 4 is 0 Å². The van der Waals surface area contributed by atoms with Crippen LogP contribution >= 0.6 is 0 Å². The highest BCUT2D eigenvalue weighted by atomic mass is 16.5. The monoisotopic (exact) mass is 206 g/mol. The van der Waals surface area contributed by atoms with Gasteiger partial charge < -0.3 is 4.74 Å². The summed E-state index contributed by atoms with van der Waals surface area (Å²) >= 11 is 0. The van der Waals surface area contributed by atoms with Crippen LogP contribution in [0.1, 0.15) is 27.2 Å². The fourth-order valence-electron chi connectivity index (χ4n) is 0.505. The van der Waals surface area contributed by atoms with Crippen LogP contribution in [0.2, 0.25) is 0 Å². The van der Waals surface area contributed by atoms with Gasteiger partial charge in [0.2, 0.25) is 0 Å². The molecule has 0 aromatic heterocycles. The fourth-order valence-corrected chi connectivity index (χ4v) is 0.505. The van der Waals surface area contributed by atoms with Gasteiger partial charge >= 0.3 is 0 Å². The van der Waals surface area contributed by atoms with Crippen molar-refractivity contribution in [3.05, 3.63) is 61.6 Å². The minimum Gasteiger partial charge on any atom is -0.458 e. The first-order valence-corrected chi connectivity index (χ1v) is 4.87. The maximum Gasteiger partial charge on any atom is 0.122 e. The van der Waals surface area contributed by atoms with Crippen molar-refractivity contribution in [1.29, 1.82) is 0 Å². The first kappa shape index (κ1) is 15.9. The minimum atomic E-state index is 0.551. The molecule has 0 aliphatic rings. The number of hydrogen-bond donors (Lipinski definition) is 0. The van der Waals surface area contributed by atoms with E-state index in [0.29, 0.717) is 11.5 Å². The molecular weight excluding hydrogens is 184 g/mol. The summed E-state index contributed by atoms with van der Waals surface area (Å²) < 4.78 is 5.28. The zero-order valence-electron chi connectivity index (χ0n) is 10.2. The SMILES string of the molecule is C=C(C)C(=C)OC(=C)C(=C)CC.C=CC. The van der Waals surface area contributed by atoms with Crippen LogP contribution < -0.4 is 0 Å². The van der Waals surface area contributed by atoms with Gasteiger partial charge in [0.1, 0.15) is 11.5 Å². The predicted octanol–water partition coefficient (Wildman–Crippen LogP) is 4.77. The third kappa shape index (κ3) is 8.82. The molecule has 0 heterocycles. The first-order chi connectivity index (χ1) is 6.90. The molecule has 0 spiro atoms. The van der Waals surface area contributed by atoms with Crippen molar-refractivity contribution < 1.29 is 4.74 Å². The van der Waals surface area contributed by atoms with Gasteiger partial charge in [0.05, 0.1) is 0 Å². The van der Waals surface area contributed by atoms with Crippen LogP contribution in [0.3, 0.4) is 0 Å². The Morgan fingerprint density at radius 1 is 1.13 bits per heavy atom. The van der Waals surface area contributed by atoms with Gasteiger partial charge in [-0.1, -0.05) is 39.3 Å². The lowest BCUT2D eigenvalue weighted by atomic mass is 10.2. The normalized spacial score (nSPS) is 7.93. The lowest BCUT2D eigenvalue weighted by molar-refractivity contribution is 0.326. The van der Waals surface area contributed by atoms with Crippen molar-refractivity contribution in [3.8, 4) is 0 Å². The molecule has 0 aliphatic carbocycles. The van der Waals surface area contributed by atoms with E-state index in [1.54, 1.807) is 6.08 Å². The van der Waals surface area contributed by atoms with Gasteiger partial charge in [0, 0.05) is 0 Å². The molecule has 0 rings (SSSR count). The van der Waals surface area contributed by atoms with Crippen molar-refractivity contribution in [2.45, 2.75) is 27.2 Å². The first-order valence-electron chi connectivity index (χ1n) is 4.87. The van der Waals surface area contributed by atoms with E-state index in [1.165, 1.54) is 0 Å². The summed E-state index contributed by atoms with van der Waals surface area (Å²) in [6.45, 7) is 24.0. The smallest absolute Gasteiger partial charge is 0.122 e. The van der Waals surface area contributed by atoms with Gasteiger partial charge in [-0.3, -0.25) is 0 Å². The Kier molecular flexibility index (Phi) is 9.65. The van der Waals surface area contributed by atoms with Gasteiger partial charge in [0.15, 0.2) is 0 Å². The van der Waals surface area contributed by atoms with E-state index in [-0.39, 0.29) is 0 Å². The third-order valence-corrected chi connectivity index (χ3v) is 1.54. The van der Waals surface area contributed by atoms with Crippen LogP contribution in [-0.2, 0) is 4.74 Å². The van der Waals surface area contributed by atoms with Crippen molar-refractivity contribution in [2.75, 3.05) is 0 Å². The molecular formula is C14H22O. The molecule has 0 bridgehead atoms. The molecule has 84 valence electrons. The fraction of sp³-hybridized carbons (Fsp3) is 0.286. The van der Waals surface area contributed by atoms with Crippen LogP contribution in [0.15, 0.2) is 61.6 Å². The Hall–Kier alpha value is -1.50. The molecule has 0 saturated heterocycles. The predicted molar refractivity (Wildman–Crippen MR) is 69.5 cm³/mol. The van der Waals surface area contributed by atoms with E-state index >= 15 is 0 Å². The maximum absolute atomic E-state index is 5.28. The number of ether oxygens (including phenoxy) is 1. The lowest BCUT2D eigenvalue weighted by Gasteiger charge is -2.11. The highest BCUT2D eigenvalue weighted by molar-refractivity contribution is 5.25. The van der Waals surface area contributed by atoms with Gasteiger partial charge in [-0.25, -0.2) is 0 Å². The number of hydrogen-bond acceptors (Lipinski definition) is 1. The highest BCUT2D eigenvalue weighted by Crippen LogP contribution is 2.17. The van der Waals surface area contributed by atoms with Crippen molar-refractivity contribution in [2.24, 2.45) is 0 Å². The van der Waals surface area contributed by atoms with E-state index in [4.69, 9.17) is 4.74 Å².